The van der Waals surface area contributed by atoms with E-state index in [-0.39, 0.29) is 17.3 Å². The summed E-state index contributed by atoms with van der Waals surface area (Å²) >= 11 is 0. The average Bonchev–Trinajstić information content (AvgIpc) is 3.34. The van der Waals surface area contributed by atoms with Crippen molar-refractivity contribution >= 4 is 17.2 Å². The number of benzene rings is 1. The SMILES string of the molecule is Cc1ccc(-c2noc(C3COC3)n2)cc1NC(=O)c1cnc2cc(OC(F)(F)F)ccn12. The molecule has 0 bridgehead atoms. The smallest absolute Gasteiger partial charge is 0.406 e. The number of fused-ring (bicyclic) bond motifs is 1. The van der Waals surface area contributed by atoms with Gasteiger partial charge in [0.05, 0.1) is 25.3 Å². The van der Waals surface area contributed by atoms with Crippen molar-refractivity contribution in [3.8, 4) is 17.1 Å². The predicted octanol–water partition coefficient (Wildman–Crippen LogP) is 3.96. The molecule has 0 radical (unpaired) electrons. The molecule has 12 heteroatoms. The van der Waals surface area contributed by atoms with Crippen molar-refractivity contribution in [3.05, 3.63) is 59.9 Å². The third-order valence-corrected chi connectivity index (χ3v) is 5.12. The van der Waals surface area contributed by atoms with Crippen LogP contribution in [0.5, 0.6) is 5.75 Å². The van der Waals surface area contributed by atoms with E-state index in [2.05, 4.69) is 25.2 Å². The highest BCUT2D eigenvalue weighted by Gasteiger charge is 2.31. The van der Waals surface area contributed by atoms with E-state index in [1.165, 1.54) is 16.8 Å². The van der Waals surface area contributed by atoms with Crippen LogP contribution in [-0.2, 0) is 4.74 Å². The monoisotopic (exact) mass is 459 g/mol. The summed E-state index contributed by atoms with van der Waals surface area (Å²) in [5, 5.41) is 6.81. The van der Waals surface area contributed by atoms with Crippen molar-refractivity contribution in [2.45, 2.75) is 19.2 Å². The molecule has 1 saturated heterocycles. The van der Waals surface area contributed by atoms with Gasteiger partial charge in [0.2, 0.25) is 11.7 Å². The molecule has 1 N–H and O–H groups in total. The Labute approximate surface area is 184 Å². The van der Waals surface area contributed by atoms with E-state index in [0.717, 1.165) is 17.7 Å². The van der Waals surface area contributed by atoms with Gasteiger partial charge in [-0.05, 0) is 24.6 Å². The van der Waals surface area contributed by atoms with Crippen LogP contribution in [0.25, 0.3) is 17.0 Å². The molecule has 3 aromatic heterocycles. The number of alkyl halides is 3. The van der Waals surface area contributed by atoms with Crippen LogP contribution in [0.2, 0.25) is 0 Å². The molecule has 0 atom stereocenters. The molecule has 1 fully saturated rings. The Balaban J connectivity index is 1.37. The lowest BCUT2D eigenvalue weighted by Crippen LogP contribution is -2.25. The molecule has 4 aromatic rings. The third kappa shape index (κ3) is 4.24. The van der Waals surface area contributed by atoms with Crippen molar-refractivity contribution in [1.29, 1.82) is 0 Å². The largest absolute Gasteiger partial charge is 0.573 e. The maximum Gasteiger partial charge on any atom is 0.573 e. The number of nitrogens with one attached hydrogen (secondary N) is 1. The van der Waals surface area contributed by atoms with Gasteiger partial charge in [-0.1, -0.05) is 17.3 Å². The molecule has 1 aliphatic rings. The first-order valence-electron chi connectivity index (χ1n) is 9.83. The molecule has 33 heavy (non-hydrogen) atoms. The van der Waals surface area contributed by atoms with Crippen LogP contribution in [-0.4, -0.2) is 45.0 Å². The number of pyridine rings is 1. The topological polar surface area (TPSA) is 104 Å². The highest BCUT2D eigenvalue weighted by atomic mass is 19.4. The van der Waals surface area contributed by atoms with Gasteiger partial charge in [-0.25, -0.2) is 4.98 Å². The standard InChI is InChI=1S/C21H16F3N5O4/c1-11-2-3-12(18-27-20(33-28-18)13-9-31-10-13)6-15(11)26-19(30)16-8-25-17-7-14(4-5-29(16)17)32-21(22,23)24/h2-8,13H,9-10H2,1H3,(H,26,30). The van der Waals surface area contributed by atoms with Gasteiger partial charge in [0.15, 0.2) is 0 Å². The van der Waals surface area contributed by atoms with Gasteiger partial charge in [-0.3, -0.25) is 9.20 Å². The fourth-order valence-corrected chi connectivity index (χ4v) is 3.31. The van der Waals surface area contributed by atoms with Crippen LogP contribution in [0.4, 0.5) is 18.9 Å². The molecule has 1 aliphatic heterocycles. The Kier molecular flexibility index (Phi) is 5.01. The quantitative estimate of drug-likeness (QED) is 0.482. The number of carbonyl (C=O) groups excluding carboxylic acids is 1. The molecule has 1 aromatic carbocycles. The Morgan fingerprint density at radius 2 is 2.06 bits per heavy atom. The molecule has 1 amide bonds. The molecule has 0 saturated carbocycles. The number of halogens is 3. The van der Waals surface area contributed by atoms with Crippen molar-refractivity contribution in [2.24, 2.45) is 0 Å². The maximum atomic E-state index is 12.9. The molecular formula is C21H16F3N5O4. The van der Waals surface area contributed by atoms with Gasteiger partial charge >= 0.3 is 6.36 Å². The summed E-state index contributed by atoms with van der Waals surface area (Å²) in [6, 6.07) is 7.54. The van der Waals surface area contributed by atoms with Gasteiger partial charge < -0.3 is 19.3 Å². The Hall–Kier alpha value is -3.93. The summed E-state index contributed by atoms with van der Waals surface area (Å²) in [6.45, 7) is 2.90. The third-order valence-electron chi connectivity index (χ3n) is 5.12. The first-order valence-corrected chi connectivity index (χ1v) is 9.83. The fourth-order valence-electron chi connectivity index (χ4n) is 3.31. The number of aryl methyl sites for hydroxylation is 1. The molecular weight excluding hydrogens is 443 g/mol. The zero-order valence-corrected chi connectivity index (χ0v) is 17.1. The minimum atomic E-state index is -4.82. The predicted molar refractivity (Wildman–Crippen MR) is 108 cm³/mol. The summed E-state index contributed by atoms with van der Waals surface area (Å²) in [4.78, 5) is 21.3. The molecule has 0 aliphatic carbocycles. The molecule has 4 heterocycles. The van der Waals surface area contributed by atoms with E-state index < -0.39 is 18.0 Å². The van der Waals surface area contributed by atoms with Gasteiger partial charge in [0.1, 0.15) is 17.1 Å². The van der Waals surface area contributed by atoms with E-state index in [1.807, 2.05) is 19.1 Å². The second-order valence-electron chi connectivity index (χ2n) is 7.46. The van der Waals surface area contributed by atoms with Crippen molar-refractivity contribution in [1.82, 2.24) is 19.5 Å². The molecule has 170 valence electrons. The number of rotatable bonds is 5. The highest BCUT2D eigenvalue weighted by Crippen LogP contribution is 2.28. The number of ether oxygens (including phenoxy) is 2. The second kappa shape index (κ2) is 7.89. The molecule has 0 spiro atoms. The van der Waals surface area contributed by atoms with Crippen LogP contribution in [0.3, 0.4) is 0 Å². The van der Waals surface area contributed by atoms with E-state index in [4.69, 9.17) is 9.26 Å². The minimum absolute atomic E-state index is 0.0908. The first-order chi connectivity index (χ1) is 15.8. The van der Waals surface area contributed by atoms with Crippen molar-refractivity contribution in [2.75, 3.05) is 18.5 Å². The molecule has 5 rings (SSSR count). The van der Waals surface area contributed by atoms with Crippen LogP contribution < -0.4 is 10.1 Å². The number of amides is 1. The zero-order valence-electron chi connectivity index (χ0n) is 17.1. The number of aromatic nitrogens is 4. The highest BCUT2D eigenvalue weighted by molar-refractivity contribution is 6.04. The number of carbonyl (C=O) groups is 1. The summed E-state index contributed by atoms with van der Waals surface area (Å²) in [5.74, 6) is 0.0613. The average molecular weight is 459 g/mol. The first kappa shape index (κ1) is 20.9. The molecule has 0 unspecified atom stereocenters. The van der Waals surface area contributed by atoms with E-state index in [1.54, 1.807) is 6.07 Å². The van der Waals surface area contributed by atoms with Crippen LogP contribution >= 0.6 is 0 Å². The fraction of sp³-hybridized carbons (Fsp3) is 0.238. The Morgan fingerprint density at radius 1 is 1.24 bits per heavy atom. The lowest BCUT2D eigenvalue weighted by Gasteiger charge is -2.21. The lowest BCUT2D eigenvalue weighted by molar-refractivity contribution is -0.274. The summed E-state index contributed by atoms with van der Waals surface area (Å²) in [6.07, 6.45) is -2.27. The Bertz CT molecular complexity index is 1340. The van der Waals surface area contributed by atoms with Crippen molar-refractivity contribution < 1.29 is 32.0 Å². The van der Waals surface area contributed by atoms with Gasteiger partial charge in [-0.15, -0.1) is 13.2 Å². The van der Waals surface area contributed by atoms with Gasteiger partial charge in [-0.2, -0.15) is 4.98 Å². The number of nitrogens with zero attached hydrogens (tertiary/aromatic N) is 4. The molecule has 9 nitrogen and oxygen atoms in total. The second-order valence-corrected chi connectivity index (χ2v) is 7.46. The summed E-state index contributed by atoms with van der Waals surface area (Å²) in [7, 11) is 0. The zero-order chi connectivity index (χ0) is 23.2. The summed E-state index contributed by atoms with van der Waals surface area (Å²) in [5.41, 5.74) is 2.23. The van der Waals surface area contributed by atoms with Crippen molar-refractivity contribution in [3.63, 3.8) is 0 Å². The Morgan fingerprint density at radius 3 is 2.79 bits per heavy atom. The normalized spacial score (nSPS) is 14.3. The van der Waals surface area contributed by atoms with E-state index in [9.17, 15) is 18.0 Å². The van der Waals surface area contributed by atoms with Crippen LogP contribution in [0.15, 0.2) is 47.2 Å². The number of hydrogen-bond donors (Lipinski definition) is 1. The lowest BCUT2D eigenvalue weighted by atomic mass is 10.1. The summed E-state index contributed by atoms with van der Waals surface area (Å²) < 4.78 is 53.0. The van der Waals surface area contributed by atoms with E-state index >= 15 is 0 Å². The minimum Gasteiger partial charge on any atom is -0.406 e. The van der Waals surface area contributed by atoms with Crippen LogP contribution in [0.1, 0.15) is 27.9 Å². The van der Waals surface area contributed by atoms with Gasteiger partial charge in [0.25, 0.3) is 5.91 Å². The number of hydrogen-bond acceptors (Lipinski definition) is 7. The van der Waals surface area contributed by atoms with Crippen LogP contribution in [0, 0.1) is 6.92 Å². The van der Waals surface area contributed by atoms with E-state index in [0.29, 0.717) is 36.2 Å². The number of imidazole rings is 1. The number of anilines is 1. The maximum absolute atomic E-state index is 12.9. The van der Waals surface area contributed by atoms with Gasteiger partial charge in [0, 0.05) is 23.5 Å².